The van der Waals surface area contributed by atoms with E-state index in [1.54, 1.807) is 0 Å². The van der Waals surface area contributed by atoms with E-state index in [1.165, 1.54) is 17.9 Å². The quantitative estimate of drug-likeness (QED) is 0.724. The van der Waals surface area contributed by atoms with Crippen molar-refractivity contribution in [1.29, 1.82) is 0 Å². The van der Waals surface area contributed by atoms with Crippen molar-refractivity contribution < 1.29 is 4.79 Å². The molecular formula is C11H22N2OS. The Kier molecular flexibility index (Phi) is 6.10. The van der Waals surface area contributed by atoms with Crippen molar-refractivity contribution in [3.8, 4) is 0 Å². The van der Waals surface area contributed by atoms with Gasteiger partial charge in [0.25, 0.3) is 0 Å². The Balaban J connectivity index is 2.01. The summed E-state index contributed by atoms with van der Waals surface area (Å²) in [6.45, 7) is 4.94. The molecule has 88 valence electrons. The molecule has 4 heteroatoms. The van der Waals surface area contributed by atoms with Gasteiger partial charge in [-0.05, 0) is 25.5 Å². The highest BCUT2D eigenvalue weighted by molar-refractivity contribution is 7.99. The number of hydrogen-bond donors (Lipinski definition) is 2. The minimum atomic E-state index is 0.169. The smallest absolute Gasteiger partial charge is 0.221 e. The standard InChI is InChI=1S/C11H22N2OS/c1-3-9(2)13-11(14)4-6-12-10-5-7-15-8-10/h9-10,12H,3-8H2,1-2H3,(H,13,14). The van der Waals surface area contributed by atoms with Crippen LogP contribution in [0.3, 0.4) is 0 Å². The molecule has 2 unspecified atom stereocenters. The Morgan fingerprint density at radius 3 is 3.00 bits per heavy atom. The van der Waals surface area contributed by atoms with Crippen LogP contribution in [0.5, 0.6) is 0 Å². The Labute approximate surface area is 96.8 Å². The lowest BCUT2D eigenvalue weighted by Crippen LogP contribution is -2.36. The first kappa shape index (κ1) is 12.8. The zero-order chi connectivity index (χ0) is 11.1. The molecule has 1 fully saturated rings. The maximum absolute atomic E-state index is 11.4. The van der Waals surface area contributed by atoms with E-state index in [-0.39, 0.29) is 5.91 Å². The van der Waals surface area contributed by atoms with Gasteiger partial charge in [0.05, 0.1) is 0 Å². The van der Waals surface area contributed by atoms with Crippen molar-refractivity contribution in [2.24, 2.45) is 0 Å². The maximum Gasteiger partial charge on any atom is 0.221 e. The zero-order valence-electron chi connectivity index (χ0n) is 9.71. The average Bonchev–Trinajstić information content (AvgIpc) is 2.70. The molecular weight excluding hydrogens is 208 g/mol. The summed E-state index contributed by atoms with van der Waals surface area (Å²) in [6.07, 6.45) is 2.85. The Bertz CT molecular complexity index is 193. The third-order valence-corrected chi connectivity index (χ3v) is 3.90. The van der Waals surface area contributed by atoms with Crippen LogP contribution in [0.1, 0.15) is 33.1 Å². The summed E-state index contributed by atoms with van der Waals surface area (Å²) in [5.41, 5.74) is 0. The van der Waals surface area contributed by atoms with Crippen LogP contribution in [-0.2, 0) is 4.79 Å². The summed E-state index contributed by atoms with van der Waals surface area (Å²) in [7, 11) is 0. The molecule has 1 heterocycles. The van der Waals surface area contributed by atoms with Crippen LogP contribution in [0.2, 0.25) is 0 Å². The molecule has 3 nitrogen and oxygen atoms in total. The molecule has 0 spiro atoms. The van der Waals surface area contributed by atoms with Crippen LogP contribution in [0.15, 0.2) is 0 Å². The van der Waals surface area contributed by atoms with Crippen LogP contribution >= 0.6 is 11.8 Å². The van der Waals surface area contributed by atoms with Crippen molar-refractivity contribution in [2.45, 2.75) is 45.2 Å². The molecule has 0 aromatic carbocycles. The van der Waals surface area contributed by atoms with Crippen LogP contribution in [0, 0.1) is 0 Å². The van der Waals surface area contributed by atoms with E-state index >= 15 is 0 Å². The van der Waals surface area contributed by atoms with Crippen LogP contribution in [0.4, 0.5) is 0 Å². The molecule has 0 saturated carbocycles. The van der Waals surface area contributed by atoms with Crippen LogP contribution < -0.4 is 10.6 Å². The molecule has 1 aliphatic heterocycles. The second-order valence-corrected chi connectivity index (χ2v) is 5.29. The second-order valence-electron chi connectivity index (χ2n) is 4.14. The van der Waals surface area contributed by atoms with Crippen LogP contribution in [0.25, 0.3) is 0 Å². The molecule has 2 N–H and O–H groups in total. The highest BCUT2D eigenvalue weighted by Gasteiger charge is 2.14. The molecule has 15 heavy (non-hydrogen) atoms. The summed E-state index contributed by atoms with van der Waals surface area (Å²) in [4.78, 5) is 11.4. The minimum Gasteiger partial charge on any atom is -0.354 e. The van der Waals surface area contributed by atoms with Crippen molar-refractivity contribution >= 4 is 17.7 Å². The fourth-order valence-electron chi connectivity index (χ4n) is 1.53. The third kappa shape index (κ3) is 5.42. The molecule has 0 radical (unpaired) electrons. The van der Waals surface area contributed by atoms with Gasteiger partial charge in [-0.2, -0.15) is 11.8 Å². The third-order valence-electron chi connectivity index (χ3n) is 2.73. The Morgan fingerprint density at radius 2 is 2.40 bits per heavy atom. The van der Waals surface area contributed by atoms with Crippen molar-refractivity contribution in [3.63, 3.8) is 0 Å². The normalized spacial score (nSPS) is 22.7. The van der Waals surface area contributed by atoms with Gasteiger partial charge in [-0.25, -0.2) is 0 Å². The molecule has 1 saturated heterocycles. The van der Waals surface area contributed by atoms with Gasteiger partial charge in [-0.3, -0.25) is 4.79 Å². The minimum absolute atomic E-state index is 0.169. The monoisotopic (exact) mass is 230 g/mol. The zero-order valence-corrected chi connectivity index (χ0v) is 10.5. The summed E-state index contributed by atoms with van der Waals surface area (Å²) in [6, 6.07) is 0.936. The molecule has 1 aliphatic rings. The first-order valence-corrected chi connectivity index (χ1v) is 6.98. The van der Waals surface area contributed by atoms with E-state index in [2.05, 4.69) is 17.6 Å². The number of carbonyl (C=O) groups is 1. The maximum atomic E-state index is 11.4. The van der Waals surface area contributed by atoms with E-state index in [9.17, 15) is 4.79 Å². The molecule has 2 atom stereocenters. The fourth-order valence-corrected chi connectivity index (χ4v) is 2.72. The fraction of sp³-hybridized carbons (Fsp3) is 0.909. The second kappa shape index (κ2) is 7.12. The van der Waals surface area contributed by atoms with E-state index in [0.717, 1.165) is 13.0 Å². The summed E-state index contributed by atoms with van der Waals surface area (Å²) < 4.78 is 0. The molecule has 0 aromatic heterocycles. The number of hydrogen-bond acceptors (Lipinski definition) is 3. The predicted octanol–water partition coefficient (Wildman–Crippen LogP) is 1.39. The van der Waals surface area contributed by atoms with Crippen molar-refractivity contribution in [2.75, 3.05) is 18.1 Å². The molecule has 0 bridgehead atoms. The number of amides is 1. The Hall–Kier alpha value is -0.220. The highest BCUT2D eigenvalue weighted by atomic mass is 32.2. The lowest BCUT2D eigenvalue weighted by atomic mass is 10.2. The lowest BCUT2D eigenvalue weighted by molar-refractivity contribution is -0.121. The van der Waals surface area contributed by atoms with Gasteiger partial charge in [0.2, 0.25) is 5.91 Å². The Morgan fingerprint density at radius 1 is 1.60 bits per heavy atom. The van der Waals surface area contributed by atoms with Crippen molar-refractivity contribution in [1.82, 2.24) is 10.6 Å². The van der Waals surface area contributed by atoms with E-state index in [4.69, 9.17) is 0 Å². The van der Waals surface area contributed by atoms with E-state index in [1.807, 2.05) is 18.7 Å². The summed E-state index contributed by atoms with van der Waals surface area (Å²) in [5.74, 6) is 2.63. The predicted molar refractivity (Wildman–Crippen MR) is 66.2 cm³/mol. The number of rotatable bonds is 6. The number of thioether (sulfide) groups is 1. The van der Waals surface area contributed by atoms with Gasteiger partial charge in [-0.1, -0.05) is 6.92 Å². The SMILES string of the molecule is CCC(C)NC(=O)CCNC1CCSC1. The summed E-state index contributed by atoms with van der Waals surface area (Å²) >= 11 is 1.99. The first-order chi connectivity index (χ1) is 7.22. The average molecular weight is 230 g/mol. The number of nitrogens with one attached hydrogen (secondary N) is 2. The highest BCUT2D eigenvalue weighted by Crippen LogP contribution is 2.16. The van der Waals surface area contributed by atoms with Gasteiger partial charge >= 0.3 is 0 Å². The molecule has 1 amide bonds. The molecule has 1 rings (SSSR count). The molecule has 0 aliphatic carbocycles. The van der Waals surface area contributed by atoms with Gasteiger partial charge in [-0.15, -0.1) is 0 Å². The first-order valence-electron chi connectivity index (χ1n) is 5.83. The number of carbonyl (C=O) groups excluding carboxylic acids is 1. The lowest BCUT2D eigenvalue weighted by Gasteiger charge is -2.13. The largest absolute Gasteiger partial charge is 0.354 e. The van der Waals surface area contributed by atoms with Gasteiger partial charge in [0.15, 0.2) is 0 Å². The summed E-state index contributed by atoms with van der Waals surface area (Å²) in [5, 5.41) is 6.39. The van der Waals surface area contributed by atoms with Gasteiger partial charge < -0.3 is 10.6 Å². The van der Waals surface area contributed by atoms with Gasteiger partial charge in [0.1, 0.15) is 0 Å². The van der Waals surface area contributed by atoms with Crippen LogP contribution in [-0.4, -0.2) is 36.0 Å². The van der Waals surface area contributed by atoms with E-state index < -0.39 is 0 Å². The van der Waals surface area contributed by atoms with E-state index in [0.29, 0.717) is 18.5 Å². The molecule has 0 aromatic rings. The van der Waals surface area contributed by atoms with Crippen molar-refractivity contribution in [3.05, 3.63) is 0 Å². The van der Waals surface area contributed by atoms with Gasteiger partial charge in [0, 0.05) is 30.8 Å². The topological polar surface area (TPSA) is 41.1 Å².